The van der Waals surface area contributed by atoms with Gasteiger partial charge in [-0.1, -0.05) is 36.4 Å². The van der Waals surface area contributed by atoms with Gasteiger partial charge < -0.3 is 5.32 Å². The normalized spacial score (nSPS) is 11.1. The molecule has 7 nitrogen and oxygen atoms in total. The van der Waals surface area contributed by atoms with E-state index < -0.39 is 0 Å². The Hall–Kier alpha value is -4.13. The van der Waals surface area contributed by atoms with Gasteiger partial charge in [0.2, 0.25) is 0 Å². The minimum Gasteiger partial charge on any atom is -0.307 e. The van der Waals surface area contributed by atoms with Crippen LogP contribution in [0.3, 0.4) is 0 Å². The summed E-state index contributed by atoms with van der Waals surface area (Å²) in [7, 11) is 0. The number of para-hydroxylation sites is 2. The van der Waals surface area contributed by atoms with Crippen molar-refractivity contribution in [1.82, 2.24) is 19.3 Å². The van der Waals surface area contributed by atoms with E-state index in [-0.39, 0.29) is 11.6 Å². The molecule has 0 unspecified atom stereocenters. The predicted molar refractivity (Wildman–Crippen MR) is 108 cm³/mol. The van der Waals surface area contributed by atoms with Crippen molar-refractivity contribution in [2.75, 3.05) is 5.32 Å². The average Bonchev–Trinajstić information content (AvgIpc) is 3.31. The van der Waals surface area contributed by atoms with Gasteiger partial charge in [0.05, 0.1) is 22.1 Å². The summed E-state index contributed by atoms with van der Waals surface area (Å²) < 4.78 is 2.91. The van der Waals surface area contributed by atoms with Gasteiger partial charge in [-0.05, 0) is 24.3 Å². The number of nitrogens with zero attached hydrogens (tertiary/aromatic N) is 3. The van der Waals surface area contributed by atoms with Crippen LogP contribution in [0.2, 0.25) is 0 Å². The van der Waals surface area contributed by atoms with Crippen molar-refractivity contribution >= 4 is 33.5 Å². The Balaban J connectivity index is 1.61. The Bertz CT molecular complexity index is 1360. The first kappa shape index (κ1) is 16.1. The fourth-order valence-electron chi connectivity index (χ4n) is 3.23. The van der Waals surface area contributed by atoms with Crippen LogP contribution in [0.15, 0.2) is 84.0 Å². The minimum atomic E-state index is -0.304. The van der Waals surface area contributed by atoms with Gasteiger partial charge in [-0.3, -0.25) is 19.4 Å². The number of hydrogen-bond donors (Lipinski definition) is 2. The van der Waals surface area contributed by atoms with Gasteiger partial charge in [0, 0.05) is 29.7 Å². The molecule has 0 bridgehead atoms. The van der Waals surface area contributed by atoms with Crippen molar-refractivity contribution in [3.05, 3.63) is 89.6 Å². The largest absolute Gasteiger partial charge is 0.330 e. The first-order chi connectivity index (χ1) is 13.7. The number of aromatic amines is 1. The fraction of sp³-hybridized carbons (Fsp3) is 0. The molecule has 0 fully saturated rings. The Morgan fingerprint density at radius 2 is 1.64 bits per heavy atom. The molecule has 0 spiro atoms. The molecular formula is C21H15N5O2. The van der Waals surface area contributed by atoms with E-state index in [4.69, 9.17) is 0 Å². The molecule has 0 aliphatic rings. The Morgan fingerprint density at radius 3 is 2.39 bits per heavy atom. The van der Waals surface area contributed by atoms with Gasteiger partial charge in [0.25, 0.3) is 5.56 Å². The standard InChI is InChI=1S/C21H15N5O2/c27-20-16-11-22-18-13-25(21(28)23-14-7-3-1-4-8-14)12-17(18)19(16)24-26(20)15-9-5-2-6-10-15/h1-13,24H,(H,23,28). The third-order valence-electron chi connectivity index (χ3n) is 4.61. The van der Waals surface area contributed by atoms with E-state index in [0.717, 1.165) is 5.69 Å². The highest BCUT2D eigenvalue weighted by Gasteiger charge is 2.15. The molecule has 2 aromatic carbocycles. The monoisotopic (exact) mass is 369 g/mol. The maximum Gasteiger partial charge on any atom is 0.330 e. The van der Waals surface area contributed by atoms with Crippen LogP contribution < -0.4 is 10.9 Å². The van der Waals surface area contributed by atoms with Crippen LogP contribution in [0.5, 0.6) is 0 Å². The lowest BCUT2D eigenvalue weighted by Gasteiger charge is -2.04. The molecule has 0 aliphatic carbocycles. The first-order valence-electron chi connectivity index (χ1n) is 8.74. The van der Waals surface area contributed by atoms with Gasteiger partial charge in [-0.25, -0.2) is 9.48 Å². The van der Waals surface area contributed by atoms with Crippen LogP contribution in [-0.2, 0) is 0 Å². The summed E-state index contributed by atoms with van der Waals surface area (Å²) in [6.45, 7) is 0. The van der Waals surface area contributed by atoms with E-state index >= 15 is 0 Å². The molecule has 3 heterocycles. The number of anilines is 1. The summed E-state index contributed by atoms with van der Waals surface area (Å²) in [5, 5.41) is 7.14. The summed E-state index contributed by atoms with van der Waals surface area (Å²) in [5.74, 6) is 0. The van der Waals surface area contributed by atoms with Crippen molar-refractivity contribution in [2.24, 2.45) is 0 Å². The minimum absolute atomic E-state index is 0.183. The van der Waals surface area contributed by atoms with Crippen LogP contribution in [0.1, 0.15) is 0 Å². The number of H-pyrrole nitrogens is 1. The van der Waals surface area contributed by atoms with Crippen molar-refractivity contribution in [1.29, 1.82) is 0 Å². The van der Waals surface area contributed by atoms with E-state index in [9.17, 15) is 9.59 Å². The summed E-state index contributed by atoms with van der Waals surface area (Å²) in [4.78, 5) is 29.7. The van der Waals surface area contributed by atoms with Gasteiger partial charge >= 0.3 is 6.03 Å². The quantitative estimate of drug-likeness (QED) is 0.497. The second-order valence-electron chi connectivity index (χ2n) is 6.40. The molecule has 0 atom stereocenters. The molecule has 136 valence electrons. The van der Waals surface area contributed by atoms with Crippen molar-refractivity contribution in [3.63, 3.8) is 0 Å². The highest BCUT2D eigenvalue weighted by Crippen LogP contribution is 2.22. The van der Waals surface area contributed by atoms with Crippen molar-refractivity contribution in [3.8, 4) is 5.69 Å². The maximum atomic E-state index is 12.8. The number of amides is 1. The van der Waals surface area contributed by atoms with E-state index in [0.29, 0.717) is 27.5 Å². The fourth-order valence-corrected chi connectivity index (χ4v) is 3.23. The topological polar surface area (TPSA) is 84.7 Å². The molecule has 3 aromatic heterocycles. The maximum absolute atomic E-state index is 12.8. The summed E-state index contributed by atoms with van der Waals surface area (Å²) in [6.07, 6.45) is 4.86. The van der Waals surface area contributed by atoms with Gasteiger partial charge in [-0.15, -0.1) is 0 Å². The second-order valence-corrected chi connectivity index (χ2v) is 6.40. The van der Waals surface area contributed by atoms with Crippen molar-refractivity contribution < 1.29 is 4.79 Å². The Kier molecular flexibility index (Phi) is 3.58. The number of aromatic nitrogens is 4. The number of rotatable bonds is 2. The molecule has 1 amide bonds. The van der Waals surface area contributed by atoms with Crippen LogP contribution >= 0.6 is 0 Å². The van der Waals surface area contributed by atoms with Crippen LogP contribution in [0.25, 0.3) is 27.5 Å². The highest BCUT2D eigenvalue weighted by molar-refractivity contribution is 6.05. The lowest BCUT2D eigenvalue weighted by molar-refractivity contribution is 0.253. The summed E-state index contributed by atoms with van der Waals surface area (Å²) in [5.41, 5.74) is 2.52. The van der Waals surface area contributed by atoms with Gasteiger partial charge in [0.1, 0.15) is 0 Å². The van der Waals surface area contributed by atoms with Crippen LogP contribution in [-0.4, -0.2) is 25.4 Å². The highest BCUT2D eigenvalue weighted by atomic mass is 16.2. The Morgan fingerprint density at radius 1 is 0.929 bits per heavy atom. The van der Waals surface area contributed by atoms with Crippen LogP contribution in [0.4, 0.5) is 10.5 Å². The molecule has 5 aromatic rings. The number of fused-ring (bicyclic) bond motifs is 3. The molecule has 2 N–H and O–H groups in total. The average molecular weight is 369 g/mol. The summed E-state index contributed by atoms with van der Waals surface area (Å²) in [6, 6.07) is 18.2. The zero-order valence-electron chi connectivity index (χ0n) is 14.7. The lowest BCUT2D eigenvalue weighted by Crippen LogP contribution is -2.17. The molecule has 28 heavy (non-hydrogen) atoms. The third-order valence-corrected chi connectivity index (χ3v) is 4.61. The molecule has 0 saturated heterocycles. The smallest absolute Gasteiger partial charge is 0.307 e. The molecule has 0 aliphatic heterocycles. The van der Waals surface area contributed by atoms with E-state index in [1.165, 1.54) is 15.4 Å². The summed E-state index contributed by atoms with van der Waals surface area (Å²) >= 11 is 0. The van der Waals surface area contributed by atoms with E-state index in [1.54, 1.807) is 12.4 Å². The molecule has 0 radical (unpaired) electrons. The number of pyridine rings is 1. The van der Waals surface area contributed by atoms with Gasteiger partial charge in [0.15, 0.2) is 0 Å². The molecule has 5 rings (SSSR count). The van der Waals surface area contributed by atoms with Gasteiger partial charge in [-0.2, -0.15) is 0 Å². The van der Waals surface area contributed by atoms with Crippen molar-refractivity contribution in [2.45, 2.75) is 0 Å². The predicted octanol–water partition coefficient (Wildman–Crippen LogP) is 3.75. The Labute approximate surface area is 158 Å². The van der Waals surface area contributed by atoms with E-state index in [1.807, 2.05) is 60.7 Å². The van der Waals surface area contributed by atoms with E-state index in [2.05, 4.69) is 15.4 Å². The molecule has 0 saturated carbocycles. The number of hydrogen-bond acceptors (Lipinski definition) is 3. The third kappa shape index (κ3) is 2.57. The molecule has 7 heteroatoms. The number of carbonyl (C=O) groups is 1. The first-order valence-corrected chi connectivity index (χ1v) is 8.74. The van der Waals surface area contributed by atoms with Crippen LogP contribution in [0, 0.1) is 0 Å². The number of nitrogens with one attached hydrogen (secondary N) is 2. The number of benzene rings is 2. The second kappa shape index (κ2) is 6.24. The zero-order valence-corrected chi connectivity index (χ0v) is 14.7. The zero-order chi connectivity index (χ0) is 19.1. The SMILES string of the molecule is O=C(Nc1ccccc1)n1cc2ncc3c(=O)n(-c4ccccc4)[nH]c3c2c1. The molecular weight excluding hydrogens is 354 g/mol. The lowest BCUT2D eigenvalue weighted by atomic mass is 10.2. The number of carbonyl (C=O) groups excluding carboxylic acids is 1.